The van der Waals surface area contributed by atoms with Crippen molar-refractivity contribution in [3.8, 4) is 0 Å². The summed E-state index contributed by atoms with van der Waals surface area (Å²) < 4.78 is 31.3. The molecule has 0 spiro atoms. The van der Waals surface area contributed by atoms with Gasteiger partial charge in [-0.1, -0.05) is 0 Å². The van der Waals surface area contributed by atoms with E-state index in [-0.39, 0.29) is 16.4 Å². The summed E-state index contributed by atoms with van der Waals surface area (Å²) in [7, 11) is -3.72. The molecule has 0 aromatic carbocycles. The van der Waals surface area contributed by atoms with E-state index in [1.165, 1.54) is 24.5 Å². The van der Waals surface area contributed by atoms with E-state index in [0.717, 1.165) is 11.3 Å². The maximum atomic E-state index is 12.1. The molecule has 112 valence electrons. The summed E-state index contributed by atoms with van der Waals surface area (Å²) in [6.07, 6.45) is 2.74. The first kappa shape index (κ1) is 15.4. The number of carbonyl (C=O) groups excluding carboxylic acids is 1. The highest BCUT2D eigenvalue weighted by Crippen LogP contribution is 2.20. The van der Waals surface area contributed by atoms with E-state index in [2.05, 4.69) is 14.7 Å². The molecular formula is C12H13N3O4S2. The number of nitrogens with one attached hydrogen (secondary N) is 1. The van der Waals surface area contributed by atoms with Gasteiger partial charge in [-0.2, -0.15) is 0 Å². The van der Waals surface area contributed by atoms with Crippen molar-refractivity contribution in [3.63, 3.8) is 0 Å². The Hall–Kier alpha value is -2.00. The molecule has 2 heterocycles. The average molecular weight is 327 g/mol. The Kier molecular flexibility index (Phi) is 4.86. The number of anilines is 1. The SMILES string of the molecule is CCOC(=O)Cc1csc(NS(=O)(=O)c2cccnc2)n1. The maximum Gasteiger partial charge on any atom is 0.311 e. The van der Waals surface area contributed by atoms with Crippen LogP contribution in [0, 0.1) is 0 Å². The monoisotopic (exact) mass is 327 g/mol. The standard InChI is InChI=1S/C12H13N3O4S2/c1-2-19-11(16)6-9-8-20-12(14-9)15-21(17,18)10-4-3-5-13-7-10/h3-5,7-8H,2,6H2,1H3,(H,14,15). The van der Waals surface area contributed by atoms with Crippen LogP contribution in [0.5, 0.6) is 0 Å². The van der Waals surface area contributed by atoms with E-state index in [1.807, 2.05) is 0 Å². The predicted octanol–water partition coefficient (Wildman–Crippen LogP) is 1.44. The van der Waals surface area contributed by atoms with Gasteiger partial charge in [0.05, 0.1) is 18.7 Å². The lowest BCUT2D eigenvalue weighted by Gasteiger charge is -2.03. The lowest BCUT2D eigenvalue weighted by atomic mass is 10.3. The first-order valence-electron chi connectivity index (χ1n) is 6.04. The summed E-state index contributed by atoms with van der Waals surface area (Å²) in [4.78, 5) is 19.2. The van der Waals surface area contributed by atoms with Crippen molar-refractivity contribution in [1.82, 2.24) is 9.97 Å². The van der Waals surface area contributed by atoms with Crippen LogP contribution >= 0.6 is 11.3 Å². The molecule has 0 saturated heterocycles. The zero-order valence-corrected chi connectivity index (χ0v) is 12.8. The zero-order valence-electron chi connectivity index (χ0n) is 11.1. The quantitative estimate of drug-likeness (QED) is 0.806. The van der Waals surface area contributed by atoms with Gasteiger partial charge < -0.3 is 4.74 Å². The summed E-state index contributed by atoms with van der Waals surface area (Å²) in [5.41, 5.74) is 0.460. The molecule has 0 fully saturated rings. The molecule has 0 amide bonds. The minimum absolute atomic E-state index is 0.0129. The highest BCUT2D eigenvalue weighted by molar-refractivity contribution is 7.93. The number of thiazole rings is 1. The molecule has 2 aromatic rings. The Labute approximate surface area is 126 Å². The van der Waals surface area contributed by atoms with Gasteiger partial charge in [-0.25, -0.2) is 13.4 Å². The third-order valence-electron chi connectivity index (χ3n) is 2.35. The predicted molar refractivity (Wildman–Crippen MR) is 77.5 cm³/mol. The molecule has 1 N–H and O–H groups in total. The second-order valence-corrected chi connectivity index (χ2v) is 6.46. The Morgan fingerprint density at radius 3 is 2.95 bits per heavy atom. The number of nitrogens with zero attached hydrogens (tertiary/aromatic N) is 2. The molecule has 0 radical (unpaired) electrons. The lowest BCUT2D eigenvalue weighted by molar-refractivity contribution is -0.142. The van der Waals surface area contributed by atoms with E-state index in [0.29, 0.717) is 12.3 Å². The molecule has 0 unspecified atom stereocenters. The fourth-order valence-corrected chi connectivity index (χ4v) is 3.40. The minimum atomic E-state index is -3.72. The van der Waals surface area contributed by atoms with E-state index in [1.54, 1.807) is 12.3 Å². The van der Waals surface area contributed by atoms with Gasteiger partial charge in [0.25, 0.3) is 10.0 Å². The first-order chi connectivity index (χ1) is 10.0. The third kappa shape index (κ3) is 4.23. The van der Waals surface area contributed by atoms with Crippen LogP contribution in [0.1, 0.15) is 12.6 Å². The van der Waals surface area contributed by atoms with Gasteiger partial charge in [0, 0.05) is 17.8 Å². The van der Waals surface area contributed by atoms with Gasteiger partial charge in [0.1, 0.15) is 4.90 Å². The second-order valence-electron chi connectivity index (χ2n) is 3.92. The fraction of sp³-hybridized carbons (Fsp3) is 0.250. The first-order valence-corrected chi connectivity index (χ1v) is 8.40. The van der Waals surface area contributed by atoms with Crippen LogP contribution in [0.15, 0.2) is 34.8 Å². The summed E-state index contributed by atoms with van der Waals surface area (Å²) in [5, 5.41) is 1.80. The molecule has 2 rings (SSSR count). The molecule has 0 aliphatic carbocycles. The number of carbonyl (C=O) groups is 1. The van der Waals surface area contributed by atoms with Crippen LogP contribution in [-0.2, 0) is 26.0 Å². The average Bonchev–Trinajstić information content (AvgIpc) is 2.86. The van der Waals surface area contributed by atoms with E-state index in [4.69, 9.17) is 4.74 Å². The number of hydrogen-bond donors (Lipinski definition) is 1. The molecule has 0 atom stereocenters. The smallest absolute Gasteiger partial charge is 0.311 e. The maximum absolute atomic E-state index is 12.1. The molecule has 0 aliphatic heterocycles. The summed E-state index contributed by atoms with van der Waals surface area (Å²) in [5.74, 6) is -0.399. The van der Waals surface area contributed by atoms with Crippen molar-refractivity contribution in [1.29, 1.82) is 0 Å². The fourth-order valence-electron chi connectivity index (χ4n) is 1.47. The largest absolute Gasteiger partial charge is 0.466 e. The van der Waals surface area contributed by atoms with Crippen LogP contribution in [-0.4, -0.2) is 31.0 Å². The van der Waals surface area contributed by atoms with Crippen LogP contribution < -0.4 is 4.72 Å². The molecule has 9 heteroatoms. The van der Waals surface area contributed by atoms with Gasteiger partial charge in [-0.15, -0.1) is 11.3 Å². The van der Waals surface area contributed by atoms with Gasteiger partial charge >= 0.3 is 5.97 Å². The topological polar surface area (TPSA) is 98.2 Å². The van der Waals surface area contributed by atoms with E-state index < -0.39 is 16.0 Å². The van der Waals surface area contributed by atoms with Crippen molar-refractivity contribution >= 4 is 32.5 Å². The van der Waals surface area contributed by atoms with Gasteiger partial charge in [-0.05, 0) is 19.1 Å². The lowest BCUT2D eigenvalue weighted by Crippen LogP contribution is -2.13. The molecule has 7 nitrogen and oxygen atoms in total. The van der Waals surface area contributed by atoms with Gasteiger partial charge in [0.2, 0.25) is 0 Å². The number of esters is 1. The second kappa shape index (κ2) is 6.64. The molecule has 0 saturated carbocycles. The normalized spacial score (nSPS) is 11.1. The van der Waals surface area contributed by atoms with Crippen LogP contribution in [0.2, 0.25) is 0 Å². The van der Waals surface area contributed by atoms with Gasteiger partial charge in [0.15, 0.2) is 5.13 Å². The number of hydrogen-bond acceptors (Lipinski definition) is 7. The van der Waals surface area contributed by atoms with Crippen molar-refractivity contribution in [3.05, 3.63) is 35.6 Å². The number of ether oxygens (including phenoxy) is 1. The van der Waals surface area contributed by atoms with Crippen LogP contribution in [0.3, 0.4) is 0 Å². The summed E-state index contributed by atoms with van der Waals surface area (Å²) in [6, 6.07) is 2.96. The van der Waals surface area contributed by atoms with Crippen molar-refractivity contribution in [2.75, 3.05) is 11.3 Å². The highest BCUT2D eigenvalue weighted by atomic mass is 32.2. The van der Waals surface area contributed by atoms with Crippen LogP contribution in [0.4, 0.5) is 5.13 Å². The Morgan fingerprint density at radius 1 is 1.48 bits per heavy atom. The van der Waals surface area contributed by atoms with Crippen molar-refractivity contribution < 1.29 is 17.9 Å². The van der Waals surface area contributed by atoms with Crippen molar-refractivity contribution in [2.24, 2.45) is 0 Å². The molecule has 21 heavy (non-hydrogen) atoms. The zero-order chi connectivity index (χ0) is 15.3. The molecule has 0 aliphatic rings. The Balaban J connectivity index is 2.07. The summed E-state index contributed by atoms with van der Waals surface area (Å²) >= 11 is 1.10. The number of pyridine rings is 1. The third-order valence-corrected chi connectivity index (χ3v) is 4.61. The number of sulfonamides is 1. The van der Waals surface area contributed by atoms with Gasteiger partial charge in [-0.3, -0.25) is 14.5 Å². The molecule has 0 bridgehead atoms. The van der Waals surface area contributed by atoms with Crippen molar-refractivity contribution in [2.45, 2.75) is 18.2 Å². The van der Waals surface area contributed by atoms with Crippen LogP contribution in [0.25, 0.3) is 0 Å². The Morgan fingerprint density at radius 2 is 2.29 bits per heavy atom. The molecular weight excluding hydrogens is 314 g/mol. The van der Waals surface area contributed by atoms with E-state index in [9.17, 15) is 13.2 Å². The number of aromatic nitrogens is 2. The number of rotatable bonds is 6. The Bertz CT molecular complexity index is 713. The minimum Gasteiger partial charge on any atom is -0.466 e. The van der Waals surface area contributed by atoms with E-state index >= 15 is 0 Å². The molecule has 2 aromatic heterocycles. The summed E-state index contributed by atoms with van der Waals surface area (Å²) in [6.45, 7) is 2.01. The highest BCUT2D eigenvalue weighted by Gasteiger charge is 2.16.